The molecule has 0 aliphatic heterocycles. The van der Waals surface area contributed by atoms with E-state index in [2.05, 4.69) is 4.98 Å². The van der Waals surface area contributed by atoms with Crippen LogP contribution >= 0.6 is 0 Å². The summed E-state index contributed by atoms with van der Waals surface area (Å²) in [6.07, 6.45) is 0. The van der Waals surface area contributed by atoms with Crippen LogP contribution < -0.4 is 4.90 Å². The molecule has 0 fully saturated rings. The Morgan fingerprint density at radius 3 is 2.39 bits per heavy atom. The third-order valence-corrected chi connectivity index (χ3v) is 2.41. The molecule has 1 rings (SSSR count). The van der Waals surface area contributed by atoms with Gasteiger partial charge in [-0.25, -0.2) is 9.78 Å². The molecule has 18 heavy (non-hydrogen) atoms. The average molecular weight is 254 g/mol. The maximum atomic E-state index is 10.9. The van der Waals surface area contributed by atoms with Crippen LogP contribution in [0.4, 0.5) is 5.82 Å². The standard InChI is InChI=1S/C12H18N2O4/c1-17-8-6-14(7-9-18-2)11-5-3-4-10(13-11)12(15)16/h3-5H,6-9H2,1-2H3,(H,15,16). The van der Waals surface area contributed by atoms with Gasteiger partial charge in [0.05, 0.1) is 13.2 Å². The third kappa shape index (κ3) is 4.31. The smallest absolute Gasteiger partial charge is 0.354 e. The summed E-state index contributed by atoms with van der Waals surface area (Å²) in [6, 6.07) is 4.92. The van der Waals surface area contributed by atoms with E-state index in [1.54, 1.807) is 26.4 Å². The van der Waals surface area contributed by atoms with Crippen molar-refractivity contribution in [2.75, 3.05) is 45.4 Å². The number of hydrogen-bond acceptors (Lipinski definition) is 5. The number of pyridine rings is 1. The molecule has 1 aromatic heterocycles. The first-order valence-electron chi connectivity index (χ1n) is 5.62. The SMILES string of the molecule is COCCN(CCOC)c1cccc(C(=O)O)n1. The van der Waals surface area contributed by atoms with Gasteiger partial charge in [-0.2, -0.15) is 0 Å². The molecule has 6 nitrogen and oxygen atoms in total. The lowest BCUT2D eigenvalue weighted by molar-refractivity contribution is 0.0690. The summed E-state index contributed by atoms with van der Waals surface area (Å²) in [5, 5.41) is 8.91. The van der Waals surface area contributed by atoms with E-state index in [9.17, 15) is 4.79 Å². The van der Waals surface area contributed by atoms with Gasteiger partial charge in [0.15, 0.2) is 5.69 Å². The topological polar surface area (TPSA) is 71.9 Å². The van der Waals surface area contributed by atoms with Gasteiger partial charge in [-0.3, -0.25) is 0 Å². The predicted octanol–water partition coefficient (Wildman–Crippen LogP) is 0.879. The summed E-state index contributed by atoms with van der Waals surface area (Å²) in [6.45, 7) is 2.36. The van der Waals surface area contributed by atoms with Crippen molar-refractivity contribution in [1.29, 1.82) is 0 Å². The fraction of sp³-hybridized carbons (Fsp3) is 0.500. The van der Waals surface area contributed by atoms with E-state index in [-0.39, 0.29) is 5.69 Å². The van der Waals surface area contributed by atoms with E-state index in [0.717, 1.165) is 0 Å². The highest BCUT2D eigenvalue weighted by molar-refractivity contribution is 5.85. The minimum atomic E-state index is -1.03. The van der Waals surface area contributed by atoms with Crippen molar-refractivity contribution >= 4 is 11.8 Å². The number of aromatic carboxylic acids is 1. The molecule has 0 bridgehead atoms. The summed E-state index contributed by atoms with van der Waals surface area (Å²) in [5.74, 6) is -0.417. The Kier molecular flexibility index (Phi) is 6.10. The minimum Gasteiger partial charge on any atom is -0.477 e. The fourth-order valence-corrected chi connectivity index (χ4v) is 1.46. The minimum absolute atomic E-state index is 0.0346. The number of nitrogens with zero attached hydrogens (tertiary/aromatic N) is 2. The summed E-state index contributed by atoms with van der Waals surface area (Å²) in [5.41, 5.74) is 0.0346. The van der Waals surface area contributed by atoms with Crippen LogP contribution in [0.5, 0.6) is 0 Å². The second-order valence-electron chi connectivity index (χ2n) is 3.66. The van der Waals surface area contributed by atoms with E-state index < -0.39 is 5.97 Å². The molecular weight excluding hydrogens is 236 g/mol. The quantitative estimate of drug-likeness (QED) is 0.742. The van der Waals surface area contributed by atoms with Crippen LogP contribution in [0.2, 0.25) is 0 Å². The number of methoxy groups -OCH3 is 2. The van der Waals surface area contributed by atoms with Crippen molar-refractivity contribution in [3.05, 3.63) is 23.9 Å². The highest BCUT2D eigenvalue weighted by Gasteiger charge is 2.11. The number of aromatic nitrogens is 1. The summed E-state index contributed by atoms with van der Waals surface area (Å²) in [4.78, 5) is 16.9. The van der Waals surface area contributed by atoms with Gasteiger partial charge in [0.25, 0.3) is 0 Å². The fourth-order valence-electron chi connectivity index (χ4n) is 1.46. The Morgan fingerprint density at radius 1 is 1.28 bits per heavy atom. The van der Waals surface area contributed by atoms with Crippen molar-refractivity contribution in [2.45, 2.75) is 0 Å². The molecule has 0 aliphatic carbocycles. The molecule has 0 spiro atoms. The first kappa shape index (κ1) is 14.4. The lowest BCUT2D eigenvalue weighted by Gasteiger charge is -2.23. The van der Waals surface area contributed by atoms with E-state index in [0.29, 0.717) is 32.1 Å². The van der Waals surface area contributed by atoms with Crippen molar-refractivity contribution in [3.63, 3.8) is 0 Å². The summed E-state index contributed by atoms with van der Waals surface area (Å²) in [7, 11) is 3.24. The Balaban J connectivity index is 2.82. The van der Waals surface area contributed by atoms with E-state index in [1.807, 2.05) is 4.90 Å². The van der Waals surface area contributed by atoms with Gasteiger partial charge in [-0.05, 0) is 12.1 Å². The van der Waals surface area contributed by atoms with Gasteiger partial charge in [-0.15, -0.1) is 0 Å². The summed E-state index contributed by atoms with van der Waals surface area (Å²) < 4.78 is 10.0. The van der Waals surface area contributed by atoms with Gasteiger partial charge >= 0.3 is 5.97 Å². The third-order valence-electron chi connectivity index (χ3n) is 2.41. The molecular formula is C12H18N2O4. The van der Waals surface area contributed by atoms with Gasteiger partial charge < -0.3 is 19.5 Å². The second-order valence-corrected chi connectivity index (χ2v) is 3.66. The van der Waals surface area contributed by atoms with Crippen molar-refractivity contribution in [2.24, 2.45) is 0 Å². The monoisotopic (exact) mass is 254 g/mol. The van der Waals surface area contributed by atoms with Crippen LogP contribution in [-0.4, -0.2) is 56.6 Å². The Morgan fingerprint density at radius 2 is 1.89 bits per heavy atom. The number of carboxylic acid groups (broad SMARTS) is 1. The molecule has 0 aliphatic rings. The van der Waals surface area contributed by atoms with Crippen LogP contribution in [0.1, 0.15) is 10.5 Å². The highest BCUT2D eigenvalue weighted by Crippen LogP contribution is 2.11. The zero-order chi connectivity index (χ0) is 13.4. The predicted molar refractivity (Wildman–Crippen MR) is 67.2 cm³/mol. The molecule has 6 heteroatoms. The van der Waals surface area contributed by atoms with Crippen LogP contribution in [0.15, 0.2) is 18.2 Å². The average Bonchev–Trinajstić information content (AvgIpc) is 2.39. The van der Waals surface area contributed by atoms with Gasteiger partial charge in [0.2, 0.25) is 0 Å². The number of carboxylic acids is 1. The van der Waals surface area contributed by atoms with Crippen molar-refractivity contribution < 1.29 is 19.4 Å². The molecule has 1 N–H and O–H groups in total. The van der Waals surface area contributed by atoms with Crippen LogP contribution in [-0.2, 0) is 9.47 Å². The lowest BCUT2D eigenvalue weighted by Crippen LogP contribution is -2.31. The largest absolute Gasteiger partial charge is 0.477 e. The number of carbonyl (C=O) groups is 1. The molecule has 1 aromatic rings. The van der Waals surface area contributed by atoms with Crippen LogP contribution in [0.3, 0.4) is 0 Å². The van der Waals surface area contributed by atoms with Crippen molar-refractivity contribution in [1.82, 2.24) is 4.98 Å². The molecule has 1 heterocycles. The number of rotatable bonds is 8. The maximum absolute atomic E-state index is 10.9. The molecule has 0 amide bonds. The zero-order valence-electron chi connectivity index (χ0n) is 10.6. The van der Waals surface area contributed by atoms with E-state index >= 15 is 0 Å². The molecule has 0 unspecified atom stereocenters. The zero-order valence-corrected chi connectivity index (χ0v) is 10.6. The number of ether oxygens (including phenoxy) is 2. The second kappa shape index (κ2) is 7.62. The molecule has 0 aromatic carbocycles. The first-order valence-corrected chi connectivity index (χ1v) is 5.62. The molecule has 0 saturated carbocycles. The first-order chi connectivity index (χ1) is 8.69. The lowest BCUT2D eigenvalue weighted by atomic mass is 10.3. The number of hydrogen-bond donors (Lipinski definition) is 1. The van der Waals surface area contributed by atoms with E-state index in [1.165, 1.54) is 6.07 Å². The van der Waals surface area contributed by atoms with Crippen LogP contribution in [0.25, 0.3) is 0 Å². The van der Waals surface area contributed by atoms with Gasteiger partial charge in [0.1, 0.15) is 5.82 Å². The van der Waals surface area contributed by atoms with Gasteiger partial charge in [-0.1, -0.05) is 6.07 Å². The molecule has 100 valence electrons. The normalized spacial score (nSPS) is 10.3. The molecule has 0 atom stereocenters. The summed E-state index contributed by atoms with van der Waals surface area (Å²) >= 11 is 0. The number of anilines is 1. The van der Waals surface area contributed by atoms with Gasteiger partial charge in [0, 0.05) is 27.3 Å². The Hall–Kier alpha value is -1.66. The molecule has 0 saturated heterocycles. The van der Waals surface area contributed by atoms with E-state index in [4.69, 9.17) is 14.6 Å². The highest BCUT2D eigenvalue weighted by atomic mass is 16.5. The maximum Gasteiger partial charge on any atom is 0.354 e. The Bertz CT molecular complexity index is 376. The molecule has 0 radical (unpaired) electrons. The van der Waals surface area contributed by atoms with Crippen molar-refractivity contribution in [3.8, 4) is 0 Å². The van der Waals surface area contributed by atoms with Crippen LogP contribution in [0, 0.1) is 0 Å². The Labute approximate surface area is 106 Å².